The minimum atomic E-state index is -0.683. The number of halogens is 2. The average Bonchev–Trinajstić information content (AvgIpc) is 2.68. The lowest BCUT2D eigenvalue weighted by molar-refractivity contribution is -0.142. The van der Waals surface area contributed by atoms with Crippen LogP contribution in [-0.2, 0) is 16.1 Å². The van der Waals surface area contributed by atoms with Gasteiger partial charge in [-0.2, -0.15) is 0 Å². The minimum Gasteiger partial charge on any atom is -0.484 e. The molecule has 162 valence electrons. The molecule has 1 N–H and O–H groups in total. The molecule has 1 unspecified atom stereocenters. The number of nitrogens with one attached hydrogen (secondary N) is 1. The highest BCUT2D eigenvalue weighted by Gasteiger charge is 2.27. The third-order valence-corrected chi connectivity index (χ3v) is 5.51. The van der Waals surface area contributed by atoms with E-state index in [4.69, 9.17) is 27.9 Å². The SMILES string of the molecule is Cc1ccc(OCC(=O)N(Cc2ccc(Cl)c(Cl)c2)C(C)C(=O)NC(C)C)cc1C. The summed E-state index contributed by atoms with van der Waals surface area (Å²) < 4.78 is 5.71. The van der Waals surface area contributed by atoms with Crippen molar-refractivity contribution in [2.45, 2.75) is 53.2 Å². The van der Waals surface area contributed by atoms with Crippen LogP contribution < -0.4 is 10.1 Å². The topological polar surface area (TPSA) is 58.6 Å². The van der Waals surface area contributed by atoms with Crippen molar-refractivity contribution >= 4 is 35.0 Å². The Balaban J connectivity index is 2.19. The molecule has 0 aromatic heterocycles. The van der Waals surface area contributed by atoms with Crippen LogP contribution in [0.4, 0.5) is 0 Å². The molecule has 0 heterocycles. The molecule has 0 aliphatic carbocycles. The first-order chi connectivity index (χ1) is 14.1. The Morgan fingerprint density at radius 1 is 1.00 bits per heavy atom. The second-order valence-corrected chi connectivity index (χ2v) is 8.46. The van der Waals surface area contributed by atoms with Gasteiger partial charge in [-0.25, -0.2) is 0 Å². The van der Waals surface area contributed by atoms with Crippen molar-refractivity contribution in [3.8, 4) is 5.75 Å². The molecule has 0 saturated heterocycles. The number of amides is 2. The molecule has 0 aliphatic heterocycles. The molecule has 7 heteroatoms. The molecule has 1 atom stereocenters. The Morgan fingerprint density at radius 3 is 2.30 bits per heavy atom. The molecule has 5 nitrogen and oxygen atoms in total. The third-order valence-electron chi connectivity index (χ3n) is 4.78. The van der Waals surface area contributed by atoms with Gasteiger partial charge in [-0.15, -0.1) is 0 Å². The lowest BCUT2D eigenvalue weighted by Gasteiger charge is -2.29. The van der Waals surface area contributed by atoms with Crippen LogP contribution in [0.1, 0.15) is 37.5 Å². The molecule has 0 saturated carbocycles. The fourth-order valence-electron chi connectivity index (χ4n) is 2.85. The van der Waals surface area contributed by atoms with E-state index in [1.807, 2.05) is 45.9 Å². The van der Waals surface area contributed by atoms with Crippen molar-refractivity contribution in [2.24, 2.45) is 0 Å². The van der Waals surface area contributed by atoms with Crippen LogP contribution in [-0.4, -0.2) is 35.4 Å². The normalized spacial score (nSPS) is 11.9. The molecule has 2 aromatic carbocycles. The van der Waals surface area contributed by atoms with Gasteiger partial charge in [-0.1, -0.05) is 35.3 Å². The van der Waals surface area contributed by atoms with Crippen molar-refractivity contribution in [1.82, 2.24) is 10.2 Å². The highest BCUT2D eigenvalue weighted by Crippen LogP contribution is 2.24. The predicted molar refractivity (Wildman–Crippen MR) is 121 cm³/mol. The first kappa shape index (κ1) is 24.0. The van der Waals surface area contributed by atoms with Crippen LogP contribution in [0.3, 0.4) is 0 Å². The van der Waals surface area contributed by atoms with E-state index in [-0.39, 0.29) is 31.0 Å². The first-order valence-corrected chi connectivity index (χ1v) is 10.6. The van der Waals surface area contributed by atoms with E-state index in [1.165, 1.54) is 4.90 Å². The second kappa shape index (κ2) is 10.7. The van der Waals surface area contributed by atoms with Gasteiger partial charge in [0.1, 0.15) is 11.8 Å². The van der Waals surface area contributed by atoms with Gasteiger partial charge >= 0.3 is 0 Å². The monoisotopic (exact) mass is 450 g/mol. The summed E-state index contributed by atoms with van der Waals surface area (Å²) in [5, 5.41) is 3.68. The van der Waals surface area contributed by atoms with Crippen LogP contribution >= 0.6 is 23.2 Å². The lowest BCUT2D eigenvalue weighted by Crippen LogP contribution is -2.50. The van der Waals surface area contributed by atoms with Gasteiger partial charge in [-0.3, -0.25) is 9.59 Å². The van der Waals surface area contributed by atoms with Crippen LogP contribution in [0.25, 0.3) is 0 Å². The summed E-state index contributed by atoms with van der Waals surface area (Å²) in [5.74, 6) is 0.0792. The summed E-state index contributed by atoms with van der Waals surface area (Å²) in [7, 11) is 0. The Kier molecular flexibility index (Phi) is 8.56. The number of aryl methyl sites for hydroxylation is 2. The third kappa shape index (κ3) is 6.64. The highest BCUT2D eigenvalue weighted by atomic mass is 35.5. The molecule has 0 spiro atoms. The molecular formula is C23H28Cl2N2O3. The van der Waals surface area contributed by atoms with Gasteiger partial charge in [-0.05, 0) is 75.6 Å². The number of hydrogen-bond acceptors (Lipinski definition) is 3. The van der Waals surface area contributed by atoms with E-state index in [2.05, 4.69) is 5.32 Å². The summed E-state index contributed by atoms with van der Waals surface area (Å²) in [6.45, 7) is 9.47. The molecule has 2 amide bonds. The summed E-state index contributed by atoms with van der Waals surface area (Å²) in [5.41, 5.74) is 3.00. The van der Waals surface area contributed by atoms with Gasteiger partial charge in [0.15, 0.2) is 6.61 Å². The van der Waals surface area contributed by atoms with E-state index in [1.54, 1.807) is 25.1 Å². The Morgan fingerprint density at radius 2 is 1.70 bits per heavy atom. The number of carbonyl (C=O) groups is 2. The molecule has 0 aliphatic rings. The maximum atomic E-state index is 13.0. The molecule has 0 bridgehead atoms. The first-order valence-electron chi connectivity index (χ1n) is 9.82. The van der Waals surface area contributed by atoms with Crippen molar-refractivity contribution in [3.63, 3.8) is 0 Å². The molecule has 2 aromatic rings. The van der Waals surface area contributed by atoms with Crippen LogP contribution in [0, 0.1) is 13.8 Å². The quantitative estimate of drug-likeness (QED) is 0.619. The zero-order valence-corrected chi connectivity index (χ0v) is 19.5. The number of nitrogens with zero attached hydrogens (tertiary/aromatic N) is 1. The largest absolute Gasteiger partial charge is 0.484 e. The van der Waals surface area contributed by atoms with Crippen molar-refractivity contribution in [2.75, 3.05) is 6.61 Å². The number of benzene rings is 2. The van der Waals surface area contributed by atoms with E-state index in [0.29, 0.717) is 15.8 Å². The Labute approximate surface area is 188 Å². The molecule has 2 rings (SSSR count). The molecule has 0 fully saturated rings. The van der Waals surface area contributed by atoms with Crippen molar-refractivity contribution < 1.29 is 14.3 Å². The molecule has 0 radical (unpaired) electrons. The zero-order valence-electron chi connectivity index (χ0n) is 18.0. The van der Waals surface area contributed by atoms with E-state index >= 15 is 0 Å². The summed E-state index contributed by atoms with van der Waals surface area (Å²) in [6, 6.07) is 10.1. The summed E-state index contributed by atoms with van der Waals surface area (Å²) in [6.07, 6.45) is 0. The van der Waals surface area contributed by atoms with Gasteiger partial charge in [0.25, 0.3) is 5.91 Å². The van der Waals surface area contributed by atoms with Gasteiger partial charge in [0, 0.05) is 12.6 Å². The van der Waals surface area contributed by atoms with Gasteiger partial charge in [0.05, 0.1) is 10.0 Å². The average molecular weight is 451 g/mol. The van der Waals surface area contributed by atoms with Crippen LogP contribution in [0.5, 0.6) is 5.75 Å². The number of carbonyl (C=O) groups excluding carboxylic acids is 2. The lowest BCUT2D eigenvalue weighted by atomic mass is 10.1. The van der Waals surface area contributed by atoms with Crippen LogP contribution in [0.2, 0.25) is 10.0 Å². The maximum absolute atomic E-state index is 13.0. The van der Waals surface area contributed by atoms with Crippen molar-refractivity contribution in [3.05, 3.63) is 63.1 Å². The summed E-state index contributed by atoms with van der Waals surface area (Å²) in [4.78, 5) is 27.1. The second-order valence-electron chi connectivity index (χ2n) is 7.64. The number of rotatable bonds is 8. The summed E-state index contributed by atoms with van der Waals surface area (Å²) >= 11 is 12.1. The fraction of sp³-hybridized carbons (Fsp3) is 0.391. The standard InChI is InChI=1S/C23H28Cl2N2O3/c1-14(2)26-23(29)17(5)27(12-18-7-9-20(24)21(25)11-18)22(28)13-30-19-8-6-15(3)16(4)10-19/h6-11,14,17H,12-13H2,1-5H3,(H,26,29). The van der Waals surface area contributed by atoms with Crippen LogP contribution in [0.15, 0.2) is 36.4 Å². The number of ether oxygens (including phenoxy) is 1. The highest BCUT2D eigenvalue weighted by molar-refractivity contribution is 6.42. The van der Waals surface area contributed by atoms with Gasteiger partial charge < -0.3 is 15.0 Å². The van der Waals surface area contributed by atoms with Crippen molar-refractivity contribution in [1.29, 1.82) is 0 Å². The smallest absolute Gasteiger partial charge is 0.261 e. The van der Waals surface area contributed by atoms with E-state index in [9.17, 15) is 9.59 Å². The maximum Gasteiger partial charge on any atom is 0.261 e. The molecule has 30 heavy (non-hydrogen) atoms. The molecular weight excluding hydrogens is 423 g/mol. The minimum absolute atomic E-state index is 0.0336. The predicted octanol–water partition coefficient (Wildman–Crippen LogP) is 4.93. The zero-order chi connectivity index (χ0) is 22.4. The van der Waals surface area contributed by atoms with E-state index in [0.717, 1.165) is 16.7 Å². The number of hydrogen-bond donors (Lipinski definition) is 1. The van der Waals surface area contributed by atoms with Gasteiger partial charge in [0.2, 0.25) is 5.91 Å². The van der Waals surface area contributed by atoms with E-state index < -0.39 is 6.04 Å². The Bertz CT molecular complexity index is 915. The fourth-order valence-corrected chi connectivity index (χ4v) is 3.17. The Hall–Kier alpha value is -2.24.